The number of amides is 1. The Morgan fingerprint density at radius 2 is 1.62 bits per heavy atom. The molecule has 0 fully saturated rings. The highest BCUT2D eigenvalue weighted by Crippen LogP contribution is 2.32. The first kappa shape index (κ1) is 28.8. The zero-order chi connectivity index (χ0) is 28.2. The molecule has 0 bridgehead atoms. The molecule has 3 aromatic carbocycles. The number of hydrogen-bond acceptors (Lipinski definition) is 6. The fourth-order valence-electron chi connectivity index (χ4n) is 4.16. The van der Waals surface area contributed by atoms with Gasteiger partial charge in [0.1, 0.15) is 11.3 Å². The topological polar surface area (TPSA) is 73.8 Å². The third kappa shape index (κ3) is 6.50. The Morgan fingerprint density at radius 3 is 2.26 bits per heavy atom. The first-order chi connectivity index (χ1) is 18.6. The highest BCUT2D eigenvalue weighted by atomic mass is 32.2. The van der Waals surface area contributed by atoms with E-state index in [-0.39, 0.29) is 34.2 Å². The molecule has 0 aliphatic heterocycles. The summed E-state index contributed by atoms with van der Waals surface area (Å²) in [7, 11) is -2.29. The molecule has 0 saturated carbocycles. The number of hydrogen-bond donors (Lipinski definition) is 0. The maximum absolute atomic E-state index is 14.4. The van der Waals surface area contributed by atoms with E-state index in [4.69, 9.17) is 0 Å². The summed E-state index contributed by atoms with van der Waals surface area (Å²) in [5.41, 5.74) is 1.11. The van der Waals surface area contributed by atoms with Crippen LogP contribution in [0.4, 0.5) is 13.9 Å². The third-order valence-electron chi connectivity index (χ3n) is 6.47. The van der Waals surface area contributed by atoms with Crippen molar-refractivity contribution >= 4 is 42.6 Å². The van der Waals surface area contributed by atoms with Crippen molar-refractivity contribution in [2.75, 3.05) is 38.1 Å². The number of fused-ring (bicyclic) bond motifs is 1. The number of carbonyl (C=O) groups excluding carboxylic acids is 1. The Hall–Kier alpha value is -3.25. The lowest BCUT2D eigenvalue weighted by Crippen LogP contribution is -2.38. The van der Waals surface area contributed by atoms with Crippen LogP contribution in [0.25, 0.3) is 10.2 Å². The maximum Gasteiger partial charge on any atom is 0.260 e. The predicted molar refractivity (Wildman–Crippen MR) is 151 cm³/mol. The minimum absolute atomic E-state index is 0.0000613. The van der Waals surface area contributed by atoms with E-state index in [2.05, 4.69) is 9.88 Å². The zero-order valence-electron chi connectivity index (χ0n) is 22.0. The molecule has 0 N–H and O–H groups in total. The quantitative estimate of drug-likeness (QED) is 0.241. The number of nitrogens with zero attached hydrogens (tertiary/aromatic N) is 4. The van der Waals surface area contributed by atoms with Gasteiger partial charge in [-0.25, -0.2) is 22.2 Å². The lowest BCUT2D eigenvalue weighted by molar-refractivity contribution is 0.0983. The highest BCUT2D eigenvalue weighted by Gasteiger charge is 2.25. The maximum atomic E-state index is 14.4. The Kier molecular flexibility index (Phi) is 9.06. The SMILES string of the molecule is CCN(CC)CCN(C(=O)c1ccc(S(=O)(=O)N(C)Cc2ccccc2)cc1)c1nc2c(F)cc(F)cc2s1. The van der Waals surface area contributed by atoms with Crippen LogP contribution in [0.15, 0.2) is 71.6 Å². The number of sulfonamides is 1. The summed E-state index contributed by atoms with van der Waals surface area (Å²) in [4.78, 5) is 21.6. The minimum Gasteiger partial charge on any atom is -0.302 e. The average molecular weight is 573 g/mol. The summed E-state index contributed by atoms with van der Waals surface area (Å²) < 4.78 is 56.0. The number of thiazole rings is 1. The Bertz CT molecular complexity index is 1540. The van der Waals surface area contributed by atoms with E-state index >= 15 is 0 Å². The van der Waals surface area contributed by atoms with Crippen LogP contribution < -0.4 is 4.90 Å². The van der Waals surface area contributed by atoms with Crippen molar-refractivity contribution in [3.63, 3.8) is 0 Å². The molecular formula is C28H30F2N4O3S2. The van der Waals surface area contributed by atoms with Crippen LogP contribution >= 0.6 is 11.3 Å². The molecule has 1 aromatic heterocycles. The summed E-state index contributed by atoms with van der Waals surface area (Å²) in [6, 6.07) is 16.9. The average Bonchev–Trinajstić information content (AvgIpc) is 3.35. The van der Waals surface area contributed by atoms with Gasteiger partial charge in [0.25, 0.3) is 5.91 Å². The van der Waals surface area contributed by atoms with Crippen molar-refractivity contribution in [3.8, 4) is 0 Å². The van der Waals surface area contributed by atoms with Crippen molar-refractivity contribution in [3.05, 3.63) is 89.5 Å². The van der Waals surface area contributed by atoms with Crippen LogP contribution in [0, 0.1) is 11.6 Å². The van der Waals surface area contributed by atoms with E-state index in [0.29, 0.717) is 11.2 Å². The fourth-order valence-corrected chi connectivity index (χ4v) is 6.35. The summed E-state index contributed by atoms with van der Waals surface area (Å²) in [5, 5.41) is 0.242. The molecule has 0 aliphatic carbocycles. The second-order valence-electron chi connectivity index (χ2n) is 8.99. The molecule has 0 atom stereocenters. The predicted octanol–water partition coefficient (Wildman–Crippen LogP) is 5.38. The molecule has 11 heteroatoms. The molecule has 4 aromatic rings. The molecule has 1 amide bonds. The van der Waals surface area contributed by atoms with Crippen LogP contribution in [0.5, 0.6) is 0 Å². The molecule has 0 unspecified atom stereocenters. The molecule has 4 rings (SSSR count). The van der Waals surface area contributed by atoms with Gasteiger partial charge in [-0.1, -0.05) is 55.5 Å². The highest BCUT2D eigenvalue weighted by molar-refractivity contribution is 7.89. The number of halogens is 2. The largest absolute Gasteiger partial charge is 0.302 e. The van der Waals surface area contributed by atoms with Crippen molar-refractivity contribution in [1.82, 2.24) is 14.2 Å². The van der Waals surface area contributed by atoms with Gasteiger partial charge in [0, 0.05) is 38.3 Å². The molecule has 7 nitrogen and oxygen atoms in total. The number of likely N-dealkylation sites (N-methyl/N-ethyl adjacent to an activating group) is 1. The van der Waals surface area contributed by atoms with Crippen LogP contribution in [-0.4, -0.2) is 61.7 Å². The molecule has 39 heavy (non-hydrogen) atoms. The van der Waals surface area contributed by atoms with E-state index in [1.54, 1.807) is 0 Å². The van der Waals surface area contributed by atoms with E-state index in [1.807, 2.05) is 44.2 Å². The van der Waals surface area contributed by atoms with Crippen molar-refractivity contribution in [1.29, 1.82) is 0 Å². The van der Waals surface area contributed by atoms with E-state index < -0.39 is 27.6 Å². The van der Waals surface area contributed by atoms with Gasteiger partial charge in [0.05, 0.1) is 9.60 Å². The van der Waals surface area contributed by atoms with Gasteiger partial charge >= 0.3 is 0 Å². The molecule has 0 radical (unpaired) electrons. The molecule has 1 heterocycles. The summed E-state index contributed by atoms with van der Waals surface area (Å²) >= 11 is 1.03. The monoisotopic (exact) mass is 572 g/mol. The van der Waals surface area contributed by atoms with Crippen LogP contribution in [0.1, 0.15) is 29.8 Å². The normalized spacial score (nSPS) is 12.0. The van der Waals surface area contributed by atoms with Crippen molar-refractivity contribution < 1.29 is 22.0 Å². The van der Waals surface area contributed by atoms with Crippen LogP contribution in [-0.2, 0) is 16.6 Å². The van der Waals surface area contributed by atoms with Gasteiger partial charge in [-0.15, -0.1) is 0 Å². The number of rotatable bonds is 11. The number of carbonyl (C=O) groups is 1. The lowest BCUT2D eigenvalue weighted by Gasteiger charge is -2.25. The van der Waals surface area contributed by atoms with E-state index in [1.165, 1.54) is 46.6 Å². The Labute approximate surface area is 231 Å². The number of aromatic nitrogens is 1. The standard InChI is InChI=1S/C28H30F2N4O3S2/c1-4-33(5-2)15-16-34(28-31-26-24(30)17-22(29)18-25(26)38-28)27(35)21-11-13-23(14-12-21)39(36,37)32(3)19-20-9-7-6-8-10-20/h6-14,17-18H,4-5,15-16,19H2,1-3H3. The second kappa shape index (κ2) is 12.3. The molecule has 0 saturated heterocycles. The summed E-state index contributed by atoms with van der Waals surface area (Å²) in [5.74, 6) is -1.92. The van der Waals surface area contributed by atoms with Crippen LogP contribution in [0.2, 0.25) is 0 Å². The van der Waals surface area contributed by atoms with Gasteiger partial charge in [-0.05, 0) is 49.0 Å². The first-order valence-electron chi connectivity index (χ1n) is 12.5. The Morgan fingerprint density at radius 1 is 0.949 bits per heavy atom. The van der Waals surface area contributed by atoms with Crippen molar-refractivity contribution in [2.24, 2.45) is 0 Å². The second-order valence-corrected chi connectivity index (χ2v) is 12.0. The van der Waals surface area contributed by atoms with Gasteiger partial charge < -0.3 is 4.90 Å². The smallest absolute Gasteiger partial charge is 0.260 e. The first-order valence-corrected chi connectivity index (χ1v) is 14.8. The van der Waals surface area contributed by atoms with Crippen LogP contribution in [0.3, 0.4) is 0 Å². The molecular weight excluding hydrogens is 542 g/mol. The zero-order valence-corrected chi connectivity index (χ0v) is 23.6. The summed E-state index contributed by atoms with van der Waals surface area (Å²) in [6.07, 6.45) is 0. The van der Waals surface area contributed by atoms with E-state index in [0.717, 1.165) is 36.1 Å². The van der Waals surface area contributed by atoms with E-state index in [9.17, 15) is 22.0 Å². The molecule has 206 valence electrons. The lowest BCUT2D eigenvalue weighted by atomic mass is 10.2. The van der Waals surface area contributed by atoms with Gasteiger partial charge in [0.15, 0.2) is 10.9 Å². The van der Waals surface area contributed by atoms with Crippen molar-refractivity contribution in [2.45, 2.75) is 25.3 Å². The third-order valence-corrected chi connectivity index (χ3v) is 9.31. The van der Waals surface area contributed by atoms with Gasteiger partial charge in [-0.3, -0.25) is 9.69 Å². The Balaban J connectivity index is 1.61. The number of benzene rings is 3. The van der Waals surface area contributed by atoms with Gasteiger partial charge in [-0.2, -0.15) is 4.31 Å². The summed E-state index contributed by atoms with van der Waals surface area (Å²) in [6.45, 7) is 6.60. The van der Waals surface area contributed by atoms with Gasteiger partial charge in [0.2, 0.25) is 10.0 Å². The fraction of sp³-hybridized carbons (Fsp3) is 0.286. The molecule has 0 aliphatic rings. The molecule has 0 spiro atoms. The number of anilines is 1. The minimum atomic E-state index is -3.79.